The van der Waals surface area contributed by atoms with E-state index in [-0.39, 0.29) is 38.6 Å². The Balaban J connectivity index is 1.31. The van der Waals surface area contributed by atoms with E-state index in [0.29, 0.717) is 11.3 Å². The van der Waals surface area contributed by atoms with Crippen molar-refractivity contribution in [1.82, 2.24) is 0 Å². The summed E-state index contributed by atoms with van der Waals surface area (Å²) in [6.45, 7) is 0.0164. The quantitative estimate of drug-likeness (QED) is 0.0138. The van der Waals surface area contributed by atoms with Crippen LogP contribution in [0.1, 0.15) is 32.6 Å². The number of esters is 2. The molecule has 10 atom stereocenters. The SMILES string of the molecule is COC(=O)[C@@H]1OC(OC(=N)C(Cl)(Cl)Cl)[C@H](OC(=O)c2ccccc2)[C@@H](OCc2ccccc2)[C@@H]1O[C@H]1O[C@H](COCc2ccccc2)[C@@H](OCc2ccc(OC)cc2)[C@H](OCc2ccccc2)[C@H]1N=[N+]=[N-]. The third kappa shape index (κ3) is 14.7. The number of rotatable bonds is 21. The van der Waals surface area contributed by atoms with Gasteiger partial charge in [0.15, 0.2) is 18.5 Å². The number of alkyl halides is 3. The molecule has 71 heavy (non-hydrogen) atoms. The number of carbonyl (C=O) groups is 2. The number of nitrogens with zero attached hydrogens (tertiary/aromatic N) is 3. The van der Waals surface area contributed by atoms with Crippen molar-refractivity contribution in [3.63, 3.8) is 0 Å². The maximum Gasteiger partial charge on any atom is 0.338 e. The van der Waals surface area contributed by atoms with Gasteiger partial charge in [0.05, 0.1) is 52.8 Å². The molecular weight excluding hydrogens is 983 g/mol. The molecule has 2 heterocycles. The van der Waals surface area contributed by atoms with E-state index in [1.165, 1.54) is 12.1 Å². The largest absolute Gasteiger partial charge is 0.497 e. The molecule has 2 aliphatic heterocycles. The Morgan fingerprint density at radius 2 is 1.15 bits per heavy atom. The number of nitrogens with one attached hydrogen (secondary N) is 1. The molecule has 20 heteroatoms. The molecule has 1 N–H and O–H groups in total. The Bertz CT molecular complexity index is 2510. The first-order chi connectivity index (χ1) is 34.4. The Morgan fingerprint density at radius 3 is 1.69 bits per heavy atom. The van der Waals surface area contributed by atoms with Crippen LogP contribution in [0.5, 0.6) is 5.75 Å². The maximum atomic E-state index is 14.0. The summed E-state index contributed by atoms with van der Waals surface area (Å²) < 4.78 is 66.2. The van der Waals surface area contributed by atoms with Crippen molar-refractivity contribution in [3.05, 3.63) is 184 Å². The van der Waals surface area contributed by atoms with E-state index < -0.39 is 83.0 Å². The minimum absolute atomic E-state index is 0.0293. The fourth-order valence-electron chi connectivity index (χ4n) is 7.81. The topological polar surface area (TPSA) is 208 Å². The van der Waals surface area contributed by atoms with Gasteiger partial charge in [0.2, 0.25) is 12.2 Å². The Kier molecular flexibility index (Phi) is 19.5. The van der Waals surface area contributed by atoms with Crippen molar-refractivity contribution >= 4 is 52.6 Å². The monoisotopic (exact) mass is 1030 g/mol. The molecule has 0 spiro atoms. The van der Waals surface area contributed by atoms with Crippen molar-refractivity contribution < 1.29 is 61.7 Å². The van der Waals surface area contributed by atoms with Crippen molar-refractivity contribution in [2.24, 2.45) is 5.11 Å². The molecule has 17 nitrogen and oxygen atoms in total. The van der Waals surface area contributed by atoms with Crippen LogP contribution in [0.3, 0.4) is 0 Å². The van der Waals surface area contributed by atoms with Gasteiger partial charge in [-0.3, -0.25) is 5.41 Å². The van der Waals surface area contributed by atoms with Crippen LogP contribution in [-0.4, -0.2) is 104 Å². The van der Waals surface area contributed by atoms with Gasteiger partial charge in [0.1, 0.15) is 42.3 Å². The molecule has 7 rings (SSSR count). The number of halogens is 3. The highest BCUT2D eigenvalue weighted by Crippen LogP contribution is 2.38. The Morgan fingerprint density at radius 1 is 0.634 bits per heavy atom. The summed E-state index contributed by atoms with van der Waals surface area (Å²) in [5.41, 5.74) is 13.5. The summed E-state index contributed by atoms with van der Waals surface area (Å²) in [6, 6.07) is 41.7. The zero-order chi connectivity index (χ0) is 50.2. The minimum atomic E-state index is -2.43. The molecule has 0 saturated carbocycles. The predicted octanol–water partition coefficient (Wildman–Crippen LogP) is 9.24. The normalized spacial score (nSPS) is 24.2. The Hall–Kier alpha value is -5.79. The Labute approximate surface area is 425 Å². The van der Waals surface area contributed by atoms with Gasteiger partial charge < -0.3 is 52.1 Å². The van der Waals surface area contributed by atoms with E-state index >= 15 is 0 Å². The predicted molar refractivity (Wildman–Crippen MR) is 260 cm³/mol. The van der Waals surface area contributed by atoms with Crippen LogP contribution in [0.25, 0.3) is 10.4 Å². The molecule has 0 amide bonds. The van der Waals surface area contributed by atoms with E-state index in [4.69, 9.17) is 92.3 Å². The highest BCUT2D eigenvalue weighted by Gasteiger charge is 2.58. The van der Waals surface area contributed by atoms with Gasteiger partial charge in [-0.1, -0.05) is 161 Å². The lowest BCUT2D eigenvalue weighted by molar-refractivity contribution is -0.342. The second-order valence-corrected chi connectivity index (χ2v) is 18.4. The molecule has 2 fully saturated rings. The summed E-state index contributed by atoms with van der Waals surface area (Å²) in [6.07, 6.45) is -13.2. The average molecular weight is 1030 g/mol. The number of methoxy groups -OCH3 is 2. The standard InChI is InChI=1S/C51H51Cl3N4O13/c1-61-37-25-23-35(24-26-37)30-64-40-38(31-63-27-32-15-7-3-8-16-32)67-48(39(57-58-56)41(40)65-28-33-17-9-4-10-18-33)69-43-42(66-29-34-19-11-5-12-20-34)45(68-46(59)36-21-13-6-14-22-36)49(70-44(43)47(60)62-2)71-50(55)51(52,53)54/h3-26,38-45,48-49,55H,27-31H2,1-2H3/t38-,39-,40-,41-,42+,43+,44-,45-,48-,49?/m1/s1. The third-order valence-electron chi connectivity index (χ3n) is 11.3. The highest BCUT2D eigenvalue weighted by atomic mass is 35.6. The van der Waals surface area contributed by atoms with Crippen LogP contribution in [0, 0.1) is 5.41 Å². The third-order valence-corrected chi connectivity index (χ3v) is 11.8. The van der Waals surface area contributed by atoms with Crippen LogP contribution in [0.2, 0.25) is 0 Å². The van der Waals surface area contributed by atoms with Gasteiger partial charge in [0, 0.05) is 4.91 Å². The van der Waals surface area contributed by atoms with Crippen molar-refractivity contribution in [2.45, 2.75) is 91.6 Å². The number of benzene rings is 5. The molecular formula is C51H51Cl3N4O13. The fourth-order valence-corrected chi connectivity index (χ4v) is 7.94. The summed E-state index contributed by atoms with van der Waals surface area (Å²) in [4.78, 5) is 31.2. The van der Waals surface area contributed by atoms with Crippen LogP contribution in [0.4, 0.5) is 0 Å². The molecule has 374 valence electrons. The van der Waals surface area contributed by atoms with Crippen LogP contribution >= 0.6 is 34.8 Å². The first-order valence-electron chi connectivity index (χ1n) is 22.3. The molecule has 0 aliphatic carbocycles. The first kappa shape index (κ1) is 53.0. The van der Waals surface area contributed by atoms with E-state index in [0.717, 1.165) is 23.8 Å². The van der Waals surface area contributed by atoms with E-state index in [9.17, 15) is 15.1 Å². The van der Waals surface area contributed by atoms with Gasteiger partial charge in [-0.15, -0.1) is 0 Å². The van der Waals surface area contributed by atoms with Crippen molar-refractivity contribution in [3.8, 4) is 5.75 Å². The number of hydrogen-bond acceptors (Lipinski definition) is 15. The first-order valence-corrected chi connectivity index (χ1v) is 23.4. The summed E-state index contributed by atoms with van der Waals surface area (Å²) in [5.74, 6) is -2.17. The van der Waals surface area contributed by atoms with Gasteiger partial charge in [-0.25, -0.2) is 9.59 Å². The lowest BCUT2D eigenvalue weighted by Crippen LogP contribution is -2.67. The second kappa shape index (κ2) is 26.1. The summed E-state index contributed by atoms with van der Waals surface area (Å²) in [5, 5.41) is 12.7. The molecule has 0 bridgehead atoms. The van der Waals surface area contributed by atoms with Crippen molar-refractivity contribution in [2.75, 3.05) is 20.8 Å². The highest BCUT2D eigenvalue weighted by molar-refractivity contribution is 6.76. The molecule has 1 unspecified atom stereocenters. The van der Waals surface area contributed by atoms with Gasteiger partial charge >= 0.3 is 11.9 Å². The van der Waals surface area contributed by atoms with E-state index in [1.54, 1.807) is 61.7 Å². The molecule has 5 aromatic carbocycles. The maximum absolute atomic E-state index is 14.0. The van der Waals surface area contributed by atoms with E-state index in [2.05, 4.69) is 10.0 Å². The van der Waals surface area contributed by atoms with E-state index in [1.807, 2.05) is 78.9 Å². The van der Waals surface area contributed by atoms with Gasteiger partial charge in [-0.2, -0.15) is 0 Å². The number of ether oxygens (including phenoxy) is 11. The van der Waals surface area contributed by atoms with Crippen molar-refractivity contribution in [1.29, 1.82) is 5.41 Å². The van der Waals surface area contributed by atoms with Gasteiger partial charge in [0.25, 0.3) is 3.79 Å². The van der Waals surface area contributed by atoms with Gasteiger partial charge in [-0.05, 0) is 52.1 Å². The second-order valence-electron chi connectivity index (χ2n) is 16.1. The molecule has 2 saturated heterocycles. The summed E-state index contributed by atoms with van der Waals surface area (Å²) >= 11 is 18.2. The fraction of sp³-hybridized carbons (Fsp3) is 0.353. The van der Waals surface area contributed by atoms with Crippen LogP contribution in [0.15, 0.2) is 151 Å². The smallest absolute Gasteiger partial charge is 0.338 e. The number of hydrogen-bond donors (Lipinski definition) is 1. The number of carbonyl (C=O) groups excluding carboxylic acids is 2. The molecule has 5 aromatic rings. The summed E-state index contributed by atoms with van der Waals surface area (Å²) in [7, 11) is 2.68. The molecule has 0 aromatic heterocycles. The van der Waals surface area contributed by atoms with Crippen LogP contribution < -0.4 is 4.74 Å². The number of azide groups is 1. The molecule has 0 radical (unpaired) electrons. The molecule has 2 aliphatic rings. The average Bonchev–Trinajstić information content (AvgIpc) is 3.39. The zero-order valence-electron chi connectivity index (χ0n) is 38.4. The van der Waals surface area contributed by atoms with Crippen LogP contribution in [-0.2, 0) is 78.6 Å². The zero-order valence-corrected chi connectivity index (χ0v) is 40.7. The lowest BCUT2D eigenvalue weighted by atomic mass is 9.94. The lowest BCUT2D eigenvalue weighted by Gasteiger charge is -2.48. The minimum Gasteiger partial charge on any atom is -0.497 e.